The lowest BCUT2D eigenvalue weighted by molar-refractivity contribution is 0.0972. The van der Waals surface area contributed by atoms with Crippen molar-refractivity contribution in [2.24, 2.45) is 0 Å². The highest BCUT2D eigenvalue weighted by molar-refractivity contribution is 6.00. The molecule has 2 aliphatic heterocycles. The maximum atomic E-state index is 13.0. The first-order valence-electron chi connectivity index (χ1n) is 10.1. The molecule has 2 aromatic carbocycles. The SMILES string of the molecule is O=C(Cn1cccc2c(=O)n(Cc3ccncc3)c(=O)nc1-2)c1ccc2ccccc2c1. The molecule has 2 aliphatic rings. The van der Waals surface area contributed by atoms with Gasteiger partial charge in [-0.1, -0.05) is 36.4 Å². The van der Waals surface area contributed by atoms with Gasteiger partial charge >= 0.3 is 5.69 Å². The third-order valence-corrected chi connectivity index (χ3v) is 5.43. The maximum Gasteiger partial charge on any atom is 0.352 e. The Labute approximate surface area is 182 Å². The highest BCUT2D eigenvalue weighted by Gasteiger charge is 2.19. The van der Waals surface area contributed by atoms with Gasteiger partial charge < -0.3 is 4.57 Å². The summed E-state index contributed by atoms with van der Waals surface area (Å²) >= 11 is 0. The van der Waals surface area contributed by atoms with Crippen LogP contribution in [0, 0.1) is 0 Å². The topological polar surface area (TPSA) is 86.9 Å². The molecule has 3 heterocycles. The van der Waals surface area contributed by atoms with Crippen LogP contribution in [0.15, 0.2) is 94.9 Å². The Kier molecular flexibility index (Phi) is 4.91. The monoisotopic (exact) mass is 422 g/mol. The normalized spacial score (nSPS) is 11.1. The van der Waals surface area contributed by atoms with Crippen molar-refractivity contribution < 1.29 is 4.79 Å². The van der Waals surface area contributed by atoms with E-state index in [1.54, 1.807) is 53.5 Å². The number of aromatic nitrogens is 4. The van der Waals surface area contributed by atoms with E-state index < -0.39 is 11.2 Å². The number of hydrogen-bond donors (Lipinski definition) is 0. The van der Waals surface area contributed by atoms with E-state index in [9.17, 15) is 14.4 Å². The van der Waals surface area contributed by atoms with E-state index in [0.717, 1.165) is 20.9 Å². The second-order valence-electron chi connectivity index (χ2n) is 7.50. The molecule has 1 aromatic heterocycles. The molecule has 7 heteroatoms. The minimum absolute atomic E-state index is 0.0318. The zero-order valence-corrected chi connectivity index (χ0v) is 17.0. The molecule has 0 N–H and O–H groups in total. The number of nitrogens with zero attached hydrogens (tertiary/aromatic N) is 4. The van der Waals surface area contributed by atoms with Crippen molar-refractivity contribution >= 4 is 16.6 Å². The first-order chi connectivity index (χ1) is 15.6. The number of benzene rings is 2. The van der Waals surface area contributed by atoms with E-state index in [2.05, 4.69) is 9.97 Å². The van der Waals surface area contributed by atoms with Crippen LogP contribution < -0.4 is 11.2 Å². The molecule has 0 fully saturated rings. The summed E-state index contributed by atoms with van der Waals surface area (Å²) in [5.74, 6) is 0.0612. The van der Waals surface area contributed by atoms with Gasteiger partial charge in [0.1, 0.15) is 0 Å². The standard InChI is InChI=1S/C25H18N4O3/c30-22(20-8-7-18-4-1-2-5-19(18)14-20)16-28-13-3-6-21-23(28)27-25(32)29(24(21)31)15-17-9-11-26-12-10-17/h1-14H,15-16H2. The summed E-state index contributed by atoms with van der Waals surface area (Å²) in [7, 11) is 0. The molecule has 5 rings (SSSR count). The van der Waals surface area contributed by atoms with E-state index in [0.29, 0.717) is 5.56 Å². The number of rotatable bonds is 5. The fourth-order valence-electron chi connectivity index (χ4n) is 3.76. The van der Waals surface area contributed by atoms with Gasteiger partial charge in [-0.15, -0.1) is 0 Å². The van der Waals surface area contributed by atoms with E-state index in [-0.39, 0.29) is 30.3 Å². The van der Waals surface area contributed by atoms with E-state index >= 15 is 0 Å². The van der Waals surface area contributed by atoms with Gasteiger partial charge in [0.05, 0.1) is 18.7 Å². The Morgan fingerprint density at radius 1 is 0.875 bits per heavy atom. The molecule has 0 amide bonds. The molecule has 32 heavy (non-hydrogen) atoms. The highest BCUT2D eigenvalue weighted by atomic mass is 16.2. The smallest absolute Gasteiger partial charge is 0.324 e. The predicted molar refractivity (Wildman–Crippen MR) is 121 cm³/mol. The Bertz CT molecular complexity index is 1540. The molecule has 0 spiro atoms. The van der Waals surface area contributed by atoms with Crippen molar-refractivity contribution in [1.82, 2.24) is 19.1 Å². The lowest BCUT2D eigenvalue weighted by atomic mass is 10.0. The van der Waals surface area contributed by atoms with Gasteiger partial charge in [0.15, 0.2) is 11.6 Å². The molecular formula is C25H18N4O3. The van der Waals surface area contributed by atoms with Crippen LogP contribution in [0.25, 0.3) is 22.2 Å². The summed E-state index contributed by atoms with van der Waals surface area (Å²) in [6.07, 6.45) is 4.86. The largest absolute Gasteiger partial charge is 0.352 e. The Balaban J connectivity index is 1.51. The van der Waals surface area contributed by atoms with Crippen LogP contribution >= 0.6 is 0 Å². The summed E-state index contributed by atoms with van der Waals surface area (Å²) in [4.78, 5) is 46.7. The molecule has 156 valence electrons. The van der Waals surface area contributed by atoms with Crippen molar-refractivity contribution in [3.8, 4) is 11.4 Å². The average molecular weight is 422 g/mol. The van der Waals surface area contributed by atoms with Crippen LogP contribution in [0.5, 0.6) is 0 Å². The first-order valence-corrected chi connectivity index (χ1v) is 10.1. The quantitative estimate of drug-likeness (QED) is 0.407. The van der Waals surface area contributed by atoms with Crippen molar-refractivity contribution in [1.29, 1.82) is 0 Å². The molecule has 0 saturated carbocycles. The highest BCUT2D eigenvalue weighted by Crippen LogP contribution is 2.18. The second-order valence-corrected chi connectivity index (χ2v) is 7.50. The van der Waals surface area contributed by atoms with E-state index in [4.69, 9.17) is 0 Å². The molecule has 0 radical (unpaired) electrons. The molecule has 0 unspecified atom stereocenters. The number of pyridine rings is 2. The third kappa shape index (κ3) is 3.60. The zero-order valence-electron chi connectivity index (χ0n) is 17.0. The number of carbonyl (C=O) groups excluding carboxylic acids is 1. The minimum atomic E-state index is -0.655. The van der Waals surface area contributed by atoms with Crippen molar-refractivity contribution in [3.63, 3.8) is 0 Å². The number of hydrogen-bond acceptors (Lipinski definition) is 5. The van der Waals surface area contributed by atoms with Gasteiger partial charge in [0.2, 0.25) is 0 Å². The second kappa shape index (κ2) is 8.03. The number of Topliss-reactive ketones (excluding diaryl/α,β-unsaturated/α-hetero) is 1. The average Bonchev–Trinajstić information content (AvgIpc) is 2.82. The minimum Gasteiger partial charge on any atom is -0.324 e. The van der Waals surface area contributed by atoms with E-state index in [1.807, 2.05) is 36.4 Å². The van der Waals surface area contributed by atoms with Crippen LogP contribution in [-0.2, 0) is 13.1 Å². The summed E-state index contributed by atoms with van der Waals surface area (Å²) in [5.41, 5.74) is 0.520. The van der Waals surface area contributed by atoms with Crippen LogP contribution in [-0.4, -0.2) is 24.9 Å². The Morgan fingerprint density at radius 2 is 1.66 bits per heavy atom. The maximum absolute atomic E-state index is 13.0. The van der Waals surface area contributed by atoms with Crippen LogP contribution in [0.2, 0.25) is 0 Å². The molecule has 3 aromatic rings. The summed E-state index contributed by atoms with van der Waals surface area (Å²) < 4.78 is 2.64. The number of fused-ring (bicyclic) bond motifs is 2. The van der Waals surface area contributed by atoms with Gasteiger partial charge in [-0.3, -0.25) is 19.1 Å². The summed E-state index contributed by atoms with van der Waals surface area (Å²) in [6, 6.07) is 20.1. The van der Waals surface area contributed by atoms with Gasteiger partial charge in [-0.25, -0.2) is 4.79 Å². The fraction of sp³-hybridized carbons (Fsp3) is 0.0800. The molecule has 0 saturated heterocycles. The van der Waals surface area contributed by atoms with Gasteiger partial charge in [0, 0.05) is 24.2 Å². The molecule has 0 aliphatic carbocycles. The Hall–Kier alpha value is -4.39. The van der Waals surface area contributed by atoms with Gasteiger partial charge in [0.25, 0.3) is 5.56 Å². The van der Waals surface area contributed by atoms with Crippen LogP contribution in [0.4, 0.5) is 0 Å². The van der Waals surface area contributed by atoms with E-state index in [1.165, 1.54) is 0 Å². The molecule has 7 nitrogen and oxygen atoms in total. The van der Waals surface area contributed by atoms with Crippen LogP contribution in [0.1, 0.15) is 15.9 Å². The third-order valence-electron chi connectivity index (χ3n) is 5.43. The molecular weight excluding hydrogens is 404 g/mol. The number of carbonyl (C=O) groups is 1. The van der Waals surface area contributed by atoms with Gasteiger partial charge in [-0.05, 0) is 46.7 Å². The Morgan fingerprint density at radius 3 is 2.47 bits per heavy atom. The van der Waals surface area contributed by atoms with Crippen molar-refractivity contribution in [3.05, 3.63) is 117 Å². The van der Waals surface area contributed by atoms with Crippen LogP contribution in [0.3, 0.4) is 0 Å². The lowest BCUT2D eigenvalue weighted by Gasteiger charge is -2.15. The summed E-state index contributed by atoms with van der Waals surface area (Å²) in [5, 5.41) is 2.02. The number of ketones is 1. The van der Waals surface area contributed by atoms with Crippen molar-refractivity contribution in [2.45, 2.75) is 13.1 Å². The summed E-state index contributed by atoms with van der Waals surface area (Å²) in [6.45, 7) is 0.0734. The van der Waals surface area contributed by atoms with Gasteiger partial charge in [-0.2, -0.15) is 4.98 Å². The van der Waals surface area contributed by atoms with Crippen molar-refractivity contribution in [2.75, 3.05) is 0 Å². The fourth-order valence-corrected chi connectivity index (χ4v) is 3.76. The molecule has 0 atom stereocenters. The zero-order chi connectivity index (χ0) is 22.1. The molecule has 0 bridgehead atoms. The first kappa shape index (κ1) is 19.6. The lowest BCUT2D eigenvalue weighted by Crippen LogP contribution is -2.38. The predicted octanol–water partition coefficient (Wildman–Crippen LogP) is 2.99.